The molecule has 0 aliphatic rings. The van der Waals surface area contributed by atoms with Gasteiger partial charge >= 0.3 is 6.01 Å². The Balaban J connectivity index is 2.34. The lowest BCUT2D eigenvalue weighted by Gasteiger charge is -2.12. The molecule has 0 spiro atoms. The zero-order valence-corrected chi connectivity index (χ0v) is 12.5. The second-order valence-electron chi connectivity index (χ2n) is 5.27. The molecule has 0 saturated carbocycles. The van der Waals surface area contributed by atoms with Crippen LogP contribution in [0.15, 0.2) is 24.3 Å². The number of nitrogens with two attached hydrogens (primary N) is 1. The van der Waals surface area contributed by atoms with Gasteiger partial charge < -0.3 is 10.5 Å². The average molecular weight is 271 g/mol. The fourth-order valence-corrected chi connectivity index (χ4v) is 1.94. The van der Waals surface area contributed by atoms with Crippen LogP contribution in [0, 0.1) is 13.8 Å². The van der Waals surface area contributed by atoms with Gasteiger partial charge in [0.15, 0.2) is 0 Å². The average Bonchev–Trinajstić information content (AvgIpc) is 2.40. The van der Waals surface area contributed by atoms with Crippen molar-refractivity contribution in [2.24, 2.45) is 5.73 Å². The van der Waals surface area contributed by atoms with Crippen molar-refractivity contribution in [2.45, 2.75) is 40.2 Å². The van der Waals surface area contributed by atoms with Crippen LogP contribution in [-0.2, 0) is 6.54 Å². The van der Waals surface area contributed by atoms with Crippen molar-refractivity contribution in [3.63, 3.8) is 0 Å². The Hall–Kier alpha value is -1.94. The van der Waals surface area contributed by atoms with Crippen LogP contribution in [0.3, 0.4) is 0 Å². The van der Waals surface area contributed by atoms with Gasteiger partial charge in [-0.05, 0) is 43.0 Å². The normalized spacial score (nSPS) is 10.9. The third kappa shape index (κ3) is 3.33. The molecule has 1 heterocycles. The largest absolute Gasteiger partial charge is 0.424 e. The Morgan fingerprint density at radius 2 is 1.90 bits per heavy atom. The minimum Gasteiger partial charge on any atom is -0.424 e. The standard InChI is InChI=1S/C16H21N3O/c1-10(2)13-6-5-11(3)15(8-13)20-16-18-12(4)7-14(9-17)19-16/h5-8,10H,9,17H2,1-4H3. The highest BCUT2D eigenvalue weighted by atomic mass is 16.5. The Morgan fingerprint density at radius 3 is 2.55 bits per heavy atom. The minimum absolute atomic E-state index is 0.356. The predicted octanol–water partition coefficient (Wildman–Crippen LogP) is 3.47. The summed E-state index contributed by atoms with van der Waals surface area (Å²) < 4.78 is 5.85. The Bertz CT molecular complexity index is 609. The molecule has 4 heteroatoms. The molecule has 0 aliphatic heterocycles. The first-order valence-corrected chi connectivity index (χ1v) is 6.82. The number of nitrogens with zero attached hydrogens (tertiary/aromatic N) is 2. The van der Waals surface area contributed by atoms with Gasteiger partial charge in [-0.3, -0.25) is 0 Å². The Labute approximate surface area is 120 Å². The monoisotopic (exact) mass is 271 g/mol. The lowest BCUT2D eigenvalue weighted by molar-refractivity contribution is 0.434. The van der Waals surface area contributed by atoms with Gasteiger partial charge in [-0.1, -0.05) is 26.0 Å². The van der Waals surface area contributed by atoms with E-state index in [1.165, 1.54) is 5.56 Å². The van der Waals surface area contributed by atoms with Gasteiger partial charge in [-0.25, -0.2) is 4.98 Å². The zero-order chi connectivity index (χ0) is 14.7. The van der Waals surface area contributed by atoms with E-state index in [9.17, 15) is 0 Å². The highest BCUT2D eigenvalue weighted by molar-refractivity contribution is 5.39. The highest BCUT2D eigenvalue weighted by Crippen LogP contribution is 2.27. The maximum atomic E-state index is 5.85. The van der Waals surface area contributed by atoms with Crippen LogP contribution in [-0.4, -0.2) is 9.97 Å². The Morgan fingerprint density at radius 1 is 1.15 bits per heavy atom. The van der Waals surface area contributed by atoms with Crippen LogP contribution < -0.4 is 10.5 Å². The van der Waals surface area contributed by atoms with Gasteiger partial charge in [0.1, 0.15) is 5.75 Å². The number of aromatic nitrogens is 2. The summed E-state index contributed by atoms with van der Waals surface area (Å²) >= 11 is 0. The SMILES string of the molecule is Cc1cc(CN)nc(Oc2cc(C(C)C)ccc2C)n1. The molecule has 20 heavy (non-hydrogen) atoms. The molecule has 0 aliphatic carbocycles. The van der Waals surface area contributed by atoms with Crippen LogP contribution in [0.1, 0.15) is 42.3 Å². The van der Waals surface area contributed by atoms with Gasteiger partial charge in [-0.2, -0.15) is 4.98 Å². The third-order valence-electron chi connectivity index (χ3n) is 3.18. The number of hydrogen-bond donors (Lipinski definition) is 1. The van der Waals surface area contributed by atoms with Crippen molar-refractivity contribution < 1.29 is 4.74 Å². The number of benzene rings is 1. The molecule has 0 saturated heterocycles. The molecule has 2 aromatic rings. The molecule has 0 amide bonds. The van der Waals surface area contributed by atoms with E-state index >= 15 is 0 Å². The summed E-state index contributed by atoms with van der Waals surface area (Å²) in [5.41, 5.74) is 9.56. The summed E-state index contributed by atoms with van der Waals surface area (Å²) in [6.07, 6.45) is 0. The molecule has 0 unspecified atom stereocenters. The molecule has 2 rings (SSSR count). The second kappa shape index (κ2) is 6.01. The molecule has 1 aromatic carbocycles. The van der Waals surface area contributed by atoms with Crippen LogP contribution in [0.4, 0.5) is 0 Å². The molecule has 1 aromatic heterocycles. The van der Waals surface area contributed by atoms with Gasteiger partial charge in [-0.15, -0.1) is 0 Å². The zero-order valence-electron chi connectivity index (χ0n) is 12.5. The summed E-state index contributed by atoms with van der Waals surface area (Å²) in [5, 5.41) is 0. The highest BCUT2D eigenvalue weighted by Gasteiger charge is 2.09. The predicted molar refractivity (Wildman–Crippen MR) is 80.0 cm³/mol. The summed E-state index contributed by atoms with van der Waals surface area (Å²) in [5.74, 6) is 1.25. The molecule has 2 N–H and O–H groups in total. The van der Waals surface area contributed by atoms with Crippen LogP contribution in [0.2, 0.25) is 0 Å². The minimum atomic E-state index is 0.356. The van der Waals surface area contributed by atoms with Crippen LogP contribution in [0.5, 0.6) is 11.8 Å². The first-order valence-electron chi connectivity index (χ1n) is 6.82. The summed E-state index contributed by atoms with van der Waals surface area (Å²) in [4.78, 5) is 8.61. The molecule has 0 bridgehead atoms. The van der Waals surface area contributed by atoms with Gasteiger partial charge in [0.25, 0.3) is 0 Å². The number of hydrogen-bond acceptors (Lipinski definition) is 4. The van der Waals surface area contributed by atoms with E-state index in [1.807, 2.05) is 26.0 Å². The summed E-state index contributed by atoms with van der Waals surface area (Å²) in [6, 6.07) is 8.45. The van der Waals surface area contributed by atoms with Crippen molar-refractivity contribution >= 4 is 0 Å². The van der Waals surface area contributed by atoms with Crippen LogP contribution >= 0.6 is 0 Å². The van der Waals surface area contributed by atoms with Crippen molar-refractivity contribution in [3.8, 4) is 11.8 Å². The molecular weight excluding hydrogens is 250 g/mol. The number of rotatable bonds is 4. The smallest absolute Gasteiger partial charge is 0.322 e. The van der Waals surface area contributed by atoms with E-state index in [0.717, 1.165) is 22.7 Å². The maximum absolute atomic E-state index is 5.85. The van der Waals surface area contributed by atoms with E-state index in [1.54, 1.807) is 0 Å². The van der Waals surface area contributed by atoms with E-state index in [2.05, 4.69) is 35.9 Å². The fourth-order valence-electron chi connectivity index (χ4n) is 1.94. The van der Waals surface area contributed by atoms with Gasteiger partial charge in [0.2, 0.25) is 0 Å². The van der Waals surface area contributed by atoms with Crippen molar-refractivity contribution in [2.75, 3.05) is 0 Å². The number of ether oxygens (including phenoxy) is 1. The first kappa shape index (κ1) is 14.5. The topological polar surface area (TPSA) is 61.0 Å². The second-order valence-corrected chi connectivity index (χ2v) is 5.27. The Kier molecular flexibility index (Phi) is 4.35. The van der Waals surface area contributed by atoms with Crippen molar-refractivity contribution in [1.29, 1.82) is 0 Å². The number of aryl methyl sites for hydroxylation is 2. The first-order chi connectivity index (χ1) is 9.49. The quantitative estimate of drug-likeness (QED) is 0.925. The van der Waals surface area contributed by atoms with E-state index in [4.69, 9.17) is 10.5 Å². The molecular formula is C16H21N3O. The van der Waals surface area contributed by atoms with Crippen molar-refractivity contribution in [1.82, 2.24) is 9.97 Å². The van der Waals surface area contributed by atoms with Gasteiger partial charge in [0, 0.05) is 12.2 Å². The fraction of sp³-hybridized carbons (Fsp3) is 0.375. The van der Waals surface area contributed by atoms with E-state index < -0.39 is 0 Å². The van der Waals surface area contributed by atoms with E-state index in [-0.39, 0.29) is 0 Å². The summed E-state index contributed by atoms with van der Waals surface area (Å²) in [7, 11) is 0. The molecule has 0 fully saturated rings. The summed E-state index contributed by atoms with van der Waals surface area (Å²) in [6.45, 7) is 8.61. The van der Waals surface area contributed by atoms with E-state index in [0.29, 0.717) is 18.5 Å². The molecule has 0 radical (unpaired) electrons. The lowest BCUT2D eigenvalue weighted by Crippen LogP contribution is -2.04. The molecule has 4 nitrogen and oxygen atoms in total. The van der Waals surface area contributed by atoms with Crippen molar-refractivity contribution in [3.05, 3.63) is 46.8 Å². The van der Waals surface area contributed by atoms with Gasteiger partial charge in [0.05, 0.1) is 5.69 Å². The third-order valence-corrected chi connectivity index (χ3v) is 3.18. The van der Waals surface area contributed by atoms with Crippen LogP contribution in [0.25, 0.3) is 0 Å². The molecule has 106 valence electrons. The molecule has 0 atom stereocenters. The maximum Gasteiger partial charge on any atom is 0.322 e. The lowest BCUT2D eigenvalue weighted by atomic mass is 10.0.